The fourth-order valence-electron chi connectivity index (χ4n) is 5.44. The van der Waals surface area contributed by atoms with Crippen LogP contribution in [0.4, 0.5) is 0 Å². The second-order valence-corrected chi connectivity index (χ2v) is 13.7. The van der Waals surface area contributed by atoms with Crippen molar-refractivity contribution in [2.24, 2.45) is 11.8 Å². The van der Waals surface area contributed by atoms with Gasteiger partial charge >= 0.3 is 11.9 Å². The van der Waals surface area contributed by atoms with E-state index in [4.69, 9.17) is 5.11 Å². The van der Waals surface area contributed by atoms with Crippen molar-refractivity contribution >= 4 is 23.7 Å². The van der Waals surface area contributed by atoms with Gasteiger partial charge in [-0.05, 0) is 69.5 Å². The Labute approximate surface area is 297 Å². The topological polar surface area (TPSA) is 94.8 Å². The first-order valence-corrected chi connectivity index (χ1v) is 19.5. The quantitative estimate of drug-likeness (QED) is 0.0291. The molecule has 5 nitrogen and oxygen atoms in total. The molecule has 270 valence electrons. The zero-order valence-corrected chi connectivity index (χ0v) is 31.0. The van der Waals surface area contributed by atoms with Crippen LogP contribution >= 0.6 is 11.8 Å². The molecule has 0 aromatic carbocycles. The summed E-state index contributed by atoms with van der Waals surface area (Å²) in [5, 5.41) is 29.9. The van der Waals surface area contributed by atoms with Gasteiger partial charge in [-0.25, -0.2) is 4.79 Å². The SMILES string of the molecule is CCCCC/C=C\C\C=C/C=C\C=C\[C@@H](SCC)[C@@H](O)CC[C@H](C(=O)O)[C@@H](CCCCC=CC=CC=CC=CC(=O)O)CCCCCC. The van der Waals surface area contributed by atoms with Gasteiger partial charge in [0.1, 0.15) is 0 Å². The minimum absolute atomic E-state index is 0.0651. The number of carboxylic acids is 2. The van der Waals surface area contributed by atoms with Gasteiger partial charge in [0.15, 0.2) is 0 Å². The highest BCUT2D eigenvalue weighted by Gasteiger charge is 2.29. The van der Waals surface area contributed by atoms with Gasteiger partial charge in [-0.15, -0.1) is 0 Å². The summed E-state index contributed by atoms with van der Waals surface area (Å²) in [6.07, 6.45) is 46.1. The smallest absolute Gasteiger partial charge is 0.328 e. The third-order valence-corrected chi connectivity index (χ3v) is 9.33. The maximum absolute atomic E-state index is 12.5. The first-order valence-electron chi connectivity index (χ1n) is 18.4. The van der Waals surface area contributed by atoms with Crippen molar-refractivity contribution in [3.63, 3.8) is 0 Å². The Bertz CT molecular complexity index is 1030. The molecule has 0 aliphatic carbocycles. The van der Waals surface area contributed by atoms with Crippen LogP contribution < -0.4 is 0 Å². The fourth-order valence-corrected chi connectivity index (χ4v) is 6.39. The van der Waals surface area contributed by atoms with E-state index in [0.717, 1.165) is 76.0 Å². The highest BCUT2D eigenvalue weighted by atomic mass is 32.2. The molecule has 0 spiro atoms. The number of rotatable bonds is 31. The second-order valence-electron chi connectivity index (χ2n) is 12.2. The van der Waals surface area contributed by atoms with Crippen LogP contribution in [0.25, 0.3) is 0 Å². The molecule has 0 rings (SSSR count). The summed E-state index contributed by atoms with van der Waals surface area (Å²) >= 11 is 1.70. The first kappa shape index (κ1) is 45.2. The molecular weight excluding hydrogens is 617 g/mol. The van der Waals surface area contributed by atoms with Gasteiger partial charge in [0.25, 0.3) is 0 Å². The number of carboxylic acid groups (broad SMARTS) is 2. The first-order chi connectivity index (χ1) is 23.4. The van der Waals surface area contributed by atoms with Gasteiger partial charge in [0, 0.05) is 11.3 Å². The van der Waals surface area contributed by atoms with Crippen LogP contribution in [-0.4, -0.2) is 44.4 Å². The lowest BCUT2D eigenvalue weighted by Gasteiger charge is -2.26. The van der Waals surface area contributed by atoms with Crippen LogP contribution in [0, 0.1) is 11.8 Å². The van der Waals surface area contributed by atoms with Crippen molar-refractivity contribution in [1.82, 2.24) is 0 Å². The number of aliphatic hydroxyl groups is 1. The molecule has 0 aromatic rings. The number of hydrogen-bond acceptors (Lipinski definition) is 4. The van der Waals surface area contributed by atoms with Crippen molar-refractivity contribution in [3.8, 4) is 0 Å². The zero-order valence-electron chi connectivity index (χ0n) is 30.1. The lowest BCUT2D eigenvalue weighted by Crippen LogP contribution is -2.28. The number of carbonyl (C=O) groups is 2. The summed E-state index contributed by atoms with van der Waals surface area (Å²) < 4.78 is 0. The second kappa shape index (κ2) is 34.0. The van der Waals surface area contributed by atoms with Crippen LogP contribution in [0.5, 0.6) is 0 Å². The van der Waals surface area contributed by atoms with Crippen molar-refractivity contribution < 1.29 is 24.9 Å². The summed E-state index contributed by atoms with van der Waals surface area (Å²) in [6, 6.07) is 0. The monoisotopic (exact) mass is 682 g/mol. The van der Waals surface area contributed by atoms with Crippen molar-refractivity contribution in [1.29, 1.82) is 0 Å². The maximum atomic E-state index is 12.5. The van der Waals surface area contributed by atoms with Crippen molar-refractivity contribution in [2.75, 3.05) is 5.75 Å². The fraction of sp³-hybridized carbons (Fsp3) is 0.571. The maximum Gasteiger partial charge on any atom is 0.328 e. The van der Waals surface area contributed by atoms with Crippen molar-refractivity contribution in [2.45, 2.75) is 135 Å². The van der Waals surface area contributed by atoms with Crippen LogP contribution in [0.1, 0.15) is 124 Å². The van der Waals surface area contributed by atoms with E-state index in [1.54, 1.807) is 23.9 Å². The van der Waals surface area contributed by atoms with E-state index in [1.807, 2.05) is 42.5 Å². The molecule has 0 bridgehead atoms. The summed E-state index contributed by atoms with van der Waals surface area (Å²) in [7, 11) is 0. The Morgan fingerprint density at radius 3 is 1.85 bits per heavy atom. The lowest BCUT2D eigenvalue weighted by molar-refractivity contribution is -0.144. The average molecular weight is 683 g/mol. The van der Waals surface area contributed by atoms with Crippen LogP contribution in [-0.2, 0) is 9.59 Å². The van der Waals surface area contributed by atoms with Crippen LogP contribution in [0.3, 0.4) is 0 Å². The summed E-state index contributed by atoms with van der Waals surface area (Å²) in [5.74, 6) is -1.14. The van der Waals surface area contributed by atoms with E-state index in [1.165, 1.54) is 31.8 Å². The third-order valence-electron chi connectivity index (χ3n) is 8.14. The molecule has 4 atom stereocenters. The van der Waals surface area contributed by atoms with E-state index >= 15 is 0 Å². The van der Waals surface area contributed by atoms with E-state index in [0.29, 0.717) is 12.8 Å². The predicted molar refractivity (Wildman–Crippen MR) is 209 cm³/mol. The number of allylic oxidation sites excluding steroid dienone is 14. The number of thioether (sulfide) groups is 1. The normalized spacial score (nSPS) is 15.5. The zero-order chi connectivity index (χ0) is 35.5. The Morgan fingerprint density at radius 2 is 1.19 bits per heavy atom. The van der Waals surface area contributed by atoms with E-state index in [-0.39, 0.29) is 11.2 Å². The largest absolute Gasteiger partial charge is 0.481 e. The minimum atomic E-state index is -0.967. The Morgan fingerprint density at radius 1 is 0.604 bits per heavy atom. The Balaban J connectivity index is 5.01. The number of aliphatic carboxylic acids is 2. The van der Waals surface area contributed by atoms with E-state index < -0.39 is 24.0 Å². The molecule has 3 N–H and O–H groups in total. The van der Waals surface area contributed by atoms with Gasteiger partial charge in [0.2, 0.25) is 0 Å². The number of aliphatic hydroxyl groups excluding tert-OH is 1. The van der Waals surface area contributed by atoms with Crippen molar-refractivity contribution in [3.05, 3.63) is 97.2 Å². The Kier molecular flexibility index (Phi) is 32.0. The molecule has 0 heterocycles. The Hall–Kier alpha value is -2.83. The van der Waals surface area contributed by atoms with Crippen LogP contribution in [0.2, 0.25) is 0 Å². The highest BCUT2D eigenvalue weighted by molar-refractivity contribution is 8.00. The molecule has 0 aliphatic heterocycles. The number of hydrogen-bond donors (Lipinski definition) is 3. The third kappa shape index (κ3) is 28.2. The average Bonchev–Trinajstić information content (AvgIpc) is 3.06. The molecule has 0 unspecified atom stereocenters. The predicted octanol–water partition coefficient (Wildman–Crippen LogP) is 11.6. The highest BCUT2D eigenvalue weighted by Crippen LogP contribution is 2.31. The van der Waals surface area contributed by atoms with Gasteiger partial charge in [0.05, 0.1) is 12.0 Å². The number of unbranched alkanes of at least 4 members (excludes halogenated alkanes) is 8. The van der Waals surface area contributed by atoms with Crippen LogP contribution in [0.15, 0.2) is 97.2 Å². The summed E-state index contributed by atoms with van der Waals surface area (Å²) in [5.41, 5.74) is 0. The molecule has 0 radical (unpaired) electrons. The molecule has 0 aliphatic rings. The van der Waals surface area contributed by atoms with E-state index in [2.05, 4.69) is 51.2 Å². The standard InChI is InChI=1S/C42H66O5S/c1-4-7-9-11-12-13-14-15-19-22-25-29-33-40(48-6-3)39(43)36-35-38(42(46)47)37(31-27-10-8-5-2)32-28-24-21-18-16-17-20-23-26-30-34-41(44)45/h12-13,15-20,22-23,25-26,29-30,33-34,37-40,43H,4-11,14,21,24,27-28,31-32,35-36H2,1-3H3,(H,44,45)(H,46,47)/b13-12-,18-16?,19-15-,20-17?,25-22-,26-23?,33-29+,34-30?/t37-,38+,39+,40-/m1/s1. The van der Waals surface area contributed by atoms with E-state index in [9.17, 15) is 19.8 Å². The van der Waals surface area contributed by atoms with Gasteiger partial charge in [-0.1, -0.05) is 157 Å². The summed E-state index contributed by atoms with van der Waals surface area (Å²) in [4.78, 5) is 22.9. The molecule has 6 heteroatoms. The minimum Gasteiger partial charge on any atom is -0.481 e. The van der Waals surface area contributed by atoms with Gasteiger partial charge in [-0.2, -0.15) is 11.8 Å². The molecule has 0 fully saturated rings. The molecular formula is C42H66O5S. The molecule has 0 saturated heterocycles. The molecule has 0 saturated carbocycles. The van der Waals surface area contributed by atoms with Gasteiger partial charge < -0.3 is 15.3 Å². The summed E-state index contributed by atoms with van der Waals surface area (Å²) in [6.45, 7) is 6.50. The lowest BCUT2D eigenvalue weighted by atomic mass is 9.80. The molecule has 48 heavy (non-hydrogen) atoms. The molecule has 0 aromatic heterocycles. The van der Waals surface area contributed by atoms with Gasteiger partial charge in [-0.3, -0.25) is 4.79 Å². The molecule has 0 amide bonds.